The Labute approximate surface area is 124 Å². The molecule has 1 aromatic carbocycles. The van der Waals surface area contributed by atoms with E-state index in [0.717, 1.165) is 16.5 Å². The Morgan fingerprint density at radius 2 is 2.00 bits per heavy atom. The second-order valence-corrected chi connectivity index (χ2v) is 5.39. The molecule has 0 amide bonds. The summed E-state index contributed by atoms with van der Waals surface area (Å²) in [5.74, 6) is 0.694. The topological polar surface area (TPSA) is 47.8 Å². The molecular weight excluding hydrogens is 318 g/mol. The lowest BCUT2D eigenvalue weighted by molar-refractivity contribution is 0.698. The van der Waals surface area contributed by atoms with Crippen LogP contribution in [0.4, 0.5) is 0 Å². The maximum atomic E-state index is 12.2. The van der Waals surface area contributed by atoms with E-state index < -0.39 is 0 Å². The molecule has 3 aromatic rings. The number of hydrogen-bond acceptors (Lipinski definition) is 3. The quantitative estimate of drug-likeness (QED) is 0.726. The number of hydrogen-bond donors (Lipinski definition) is 0. The largest absolute Gasteiger partial charge is 0.291 e. The van der Waals surface area contributed by atoms with Crippen molar-refractivity contribution in [2.45, 2.75) is 13.5 Å². The van der Waals surface area contributed by atoms with Gasteiger partial charge in [-0.3, -0.25) is 14.3 Å². The highest BCUT2D eigenvalue weighted by Crippen LogP contribution is 2.17. The summed E-state index contributed by atoms with van der Waals surface area (Å²) in [5, 5.41) is 1.06. The van der Waals surface area contributed by atoms with Crippen LogP contribution in [0.15, 0.2) is 52.0 Å². The van der Waals surface area contributed by atoms with Gasteiger partial charge in [-0.05, 0) is 40.5 Å². The normalized spacial score (nSPS) is 10.9. The van der Waals surface area contributed by atoms with Crippen LogP contribution in [-0.2, 0) is 6.54 Å². The van der Waals surface area contributed by atoms with Gasteiger partial charge < -0.3 is 0 Å². The molecule has 20 heavy (non-hydrogen) atoms. The highest BCUT2D eigenvalue weighted by molar-refractivity contribution is 9.10. The minimum absolute atomic E-state index is 0.0709. The molecule has 5 heteroatoms. The van der Waals surface area contributed by atoms with E-state index in [1.807, 2.05) is 37.3 Å². The number of para-hydroxylation sites is 1. The van der Waals surface area contributed by atoms with Crippen molar-refractivity contribution in [2.24, 2.45) is 0 Å². The van der Waals surface area contributed by atoms with Crippen LogP contribution in [-0.4, -0.2) is 14.5 Å². The smallest absolute Gasteiger partial charge is 0.268 e. The number of fused-ring (bicyclic) bond motifs is 1. The van der Waals surface area contributed by atoms with Crippen LogP contribution in [0.25, 0.3) is 10.9 Å². The van der Waals surface area contributed by atoms with Gasteiger partial charge in [-0.25, -0.2) is 4.98 Å². The fourth-order valence-electron chi connectivity index (χ4n) is 2.20. The minimum atomic E-state index is -0.0709. The highest BCUT2D eigenvalue weighted by atomic mass is 79.9. The van der Waals surface area contributed by atoms with Gasteiger partial charge in [0.2, 0.25) is 0 Å². The average molecular weight is 330 g/mol. The van der Waals surface area contributed by atoms with Crippen molar-refractivity contribution in [2.75, 3.05) is 0 Å². The maximum Gasteiger partial charge on any atom is 0.268 e. The summed E-state index contributed by atoms with van der Waals surface area (Å²) in [6.07, 6.45) is 3.31. The first kappa shape index (κ1) is 13.0. The third-order valence-corrected chi connectivity index (χ3v) is 3.82. The van der Waals surface area contributed by atoms with Crippen LogP contribution in [0.1, 0.15) is 11.4 Å². The molecule has 0 bridgehead atoms. The van der Waals surface area contributed by atoms with Crippen molar-refractivity contribution in [1.29, 1.82) is 0 Å². The number of pyridine rings is 1. The second kappa shape index (κ2) is 5.17. The predicted octanol–water partition coefficient (Wildman–Crippen LogP) is 2.91. The van der Waals surface area contributed by atoms with Crippen LogP contribution in [0.2, 0.25) is 0 Å². The fraction of sp³-hybridized carbons (Fsp3) is 0.133. The third kappa shape index (κ3) is 2.25. The van der Waals surface area contributed by atoms with Gasteiger partial charge in [-0.2, -0.15) is 0 Å². The Kier molecular flexibility index (Phi) is 3.36. The van der Waals surface area contributed by atoms with Crippen LogP contribution < -0.4 is 5.56 Å². The van der Waals surface area contributed by atoms with E-state index in [4.69, 9.17) is 0 Å². The third-order valence-electron chi connectivity index (χ3n) is 3.27. The van der Waals surface area contributed by atoms with Gasteiger partial charge in [-0.15, -0.1) is 0 Å². The molecule has 0 aliphatic heterocycles. The summed E-state index contributed by atoms with van der Waals surface area (Å²) < 4.78 is 2.13. The summed E-state index contributed by atoms with van der Waals surface area (Å²) >= 11 is 3.24. The lowest BCUT2D eigenvalue weighted by Gasteiger charge is -2.11. The number of aryl methyl sites for hydroxylation is 1. The molecule has 0 unspecified atom stereocenters. The molecule has 3 rings (SSSR count). The zero-order valence-electron chi connectivity index (χ0n) is 10.9. The summed E-state index contributed by atoms with van der Waals surface area (Å²) in [6.45, 7) is 2.32. The zero-order chi connectivity index (χ0) is 14.1. The number of halogens is 1. The first-order chi connectivity index (χ1) is 9.66. The Morgan fingerprint density at radius 3 is 2.85 bits per heavy atom. The summed E-state index contributed by atoms with van der Waals surface area (Å²) in [5.41, 5.74) is 1.91. The standard InChI is InChI=1S/C15H12BrN3O/c1-10-18-8-13(16)15(20)19(10)9-11-6-7-17-14-5-3-2-4-12(11)14/h2-8H,9H2,1H3. The lowest BCUT2D eigenvalue weighted by Crippen LogP contribution is -2.24. The van der Waals surface area contributed by atoms with Gasteiger partial charge in [0.25, 0.3) is 5.56 Å². The van der Waals surface area contributed by atoms with Crippen molar-refractivity contribution in [3.05, 3.63) is 68.9 Å². The Morgan fingerprint density at radius 1 is 1.20 bits per heavy atom. The van der Waals surface area contributed by atoms with Crippen LogP contribution in [0.3, 0.4) is 0 Å². The van der Waals surface area contributed by atoms with E-state index in [1.165, 1.54) is 0 Å². The molecule has 100 valence electrons. The van der Waals surface area contributed by atoms with Crippen molar-refractivity contribution < 1.29 is 0 Å². The van der Waals surface area contributed by atoms with E-state index in [0.29, 0.717) is 16.8 Å². The maximum absolute atomic E-state index is 12.2. The van der Waals surface area contributed by atoms with E-state index in [-0.39, 0.29) is 5.56 Å². The average Bonchev–Trinajstić information content (AvgIpc) is 2.48. The van der Waals surface area contributed by atoms with Crippen molar-refractivity contribution in [3.63, 3.8) is 0 Å². The highest BCUT2D eigenvalue weighted by Gasteiger charge is 2.08. The molecule has 0 aliphatic carbocycles. The molecule has 4 nitrogen and oxygen atoms in total. The molecule has 0 atom stereocenters. The Bertz CT molecular complexity index is 837. The number of rotatable bonds is 2. The molecule has 0 fully saturated rings. The summed E-state index contributed by atoms with van der Waals surface area (Å²) in [4.78, 5) is 20.7. The first-order valence-corrected chi connectivity index (χ1v) is 7.00. The molecule has 0 N–H and O–H groups in total. The molecule has 0 aliphatic rings. The van der Waals surface area contributed by atoms with E-state index in [1.54, 1.807) is 17.0 Å². The van der Waals surface area contributed by atoms with Gasteiger partial charge in [0.15, 0.2) is 0 Å². The molecule has 2 heterocycles. The number of nitrogens with zero attached hydrogens (tertiary/aromatic N) is 3. The van der Waals surface area contributed by atoms with E-state index in [9.17, 15) is 4.79 Å². The van der Waals surface area contributed by atoms with E-state index >= 15 is 0 Å². The summed E-state index contributed by atoms with van der Waals surface area (Å²) in [7, 11) is 0. The molecule has 2 aromatic heterocycles. The molecular formula is C15H12BrN3O. The molecule has 0 saturated carbocycles. The van der Waals surface area contributed by atoms with Crippen LogP contribution >= 0.6 is 15.9 Å². The molecule has 0 radical (unpaired) electrons. The number of benzene rings is 1. The monoisotopic (exact) mass is 329 g/mol. The Hall–Kier alpha value is -2.01. The van der Waals surface area contributed by atoms with E-state index in [2.05, 4.69) is 25.9 Å². The first-order valence-electron chi connectivity index (χ1n) is 6.21. The predicted molar refractivity (Wildman–Crippen MR) is 81.8 cm³/mol. The SMILES string of the molecule is Cc1ncc(Br)c(=O)n1Cc1ccnc2ccccc12. The van der Waals surface area contributed by atoms with Gasteiger partial charge in [0.1, 0.15) is 10.3 Å². The van der Waals surface area contributed by atoms with Gasteiger partial charge >= 0.3 is 0 Å². The number of aromatic nitrogens is 3. The van der Waals surface area contributed by atoms with Crippen molar-refractivity contribution in [1.82, 2.24) is 14.5 Å². The minimum Gasteiger partial charge on any atom is -0.291 e. The fourth-order valence-corrected chi connectivity index (χ4v) is 2.52. The Balaban J connectivity index is 2.15. The van der Waals surface area contributed by atoms with Gasteiger partial charge in [-0.1, -0.05) is 18.2 Å². The van der Waals surface area contributed by atoms with Crippen LogP contribution in [0, 0.1) is 6.92 Å². The van der Waals surface area contributed by atoms with Crippen molar-refractivity contribution >= 4 is 26.8 Å². The van der Waals surface area contributed by atoms with Gasteiger partial charge in [0.05, 0.1) is 12.1 Å². The van der Waals surface area contributed by atoms with Gasteiger partial charge in [0, 0.05) is 17.8 Å². The van der Waals surface area contributed by atoms with Crippen molar-refractivity contribution in [3.8, 4) is 0 Å². The lowest BCUT2D eigenvalue weighted by atomic mass is 10.1. The van der Waals surface area contributed by atoms with Crippen LogP contribution in [0.5, 0.6) is 0 Å². The molecule has 0 saturated heterocycles. The molecule has 0 spiro atoms. The summed E-state index contributed by atoms with van der Waals surface area (Å²) in [6, 6.07) is 9.85. The zero-order valence-corrected chi connectivity index (χ0v) is 12.5. The second-order valence-electron chi connectivity index (χ2n) is 4.53.